The van der Waals surface area contributed by atoms with Gasteiger partial charge in [-0.05, 0) is 31.0 Å². The van der Waals surface area contributed by atoms with Gasteiger partial charge in [-0.1, -0.05) is 48.0 Å². The highest BCUT2D eigenvalue weighted by Crippen LogP contribution is 2.13. The van der Waals surface area contributed by atoms with Crippen LogP contribution in [0.1, 0.15) is 17.5 Å². The Labute approximate surface area is 147 Å². The third kappa shape index (κ3) is 6.56. The molecule has 0 saturated carbocycles. The molecule has 0 aliphatic heterocycles. The molecule has 1 amide bonds. The maximum Gasteiger partial charge on any atom is 0.407 e. The lowest BCUT2D eigenvalue weighted by Crippen LogP contribution is -2.26. The Morgan fingerprint density at radius 3 is 2.40 bits per heavy atom. The molecular formula is C18H21NO5S. The van der Waals surface area contributed by atoms with Crippen LogP contribution in [-0.4, -0.2) is 27.7 Å². The molecule has 0 spiro atoms. The fourth-order valence-electron chi connectivity index (χ4n) is 1.98. The minimum atomic E-state index is -3.77. The summed E-state index contributed by atoms with van der Waals surface area (Å²) in [5.74, 6) is 0. The molecule has 2 aromatic carbocycles. The van der Waals surface area contributed by atoms with Crippen LogP contribution in [0.3, 0.4) is 0 Å². The van der Waals surface area contributed by atoms with Crippen LogP contribution in [-0.2, 0) is 25.6 Å². The first-order valence-corrected chi connectivity index (χ1v) is 9.29. The van der Waals surface area contributed by atoms with Gasteiger partial charge < -0.3 is 10.1 Å². The lowest BCUT2D eigenvalue weighted by Gasteiger charge is -2.08. The van der Waals surface area contributed by atoms with Gasteiger partial charge in [0, 0.05) is 6.54 Å². The number of rotatable bonds is 8. The number of amides is 1. The molecule has 0 aliphatic rings. The van der Waals surface area contributed by atoms with Gasteiger partial charge in [-0.2, -0.15) is 8.42 Å². The predicted octanol–water partition coefficient (Wildman–Crippen LogP) is 3.02. The van der Waals surface area contributed by atoms with E-state index in [-0.39, 0.29) is 24.7 Å². The second-order valence-corrected chi connectivity index (χ2v) is 7.05. The maximum atomic E-state index is 12.0. The summed E-state index contributed by atoms with van der Waals surface area (Å²) < 4.78 is 33.9. The molecule has 2 aromatic rings. The van der Waals surface area contributed by atoms with Gasteiger partial charge in [0.05, 0.1) is 11.5 Å². The fourth-order valence-corrected chi connectivity index (χ4v) is 2.92. The number of hydrogen-bond donors (Lipinski definition) is 1. The topological polar surface area (TPSA) is 81.7 Å². The van der Waals surface area contributed by atoms with E-state index in [1.54, 1.807) is 12.1 Å². The lowest BCUT2D eigenvalue weighted by molar-refractivity contribution is 0.139. The molecule has 0 heterocycles. The van der Waals surface area contributed by atoms with E-state index in [1.807, 2.05) is 37.3 Å². The standard InChI is InChI=1S/C18H21NO5S/c1-15-8-10-17(11-9-15)25(21,22)24-13-5-12-19-18(20)23-14-16-6-3-2-4-7-16/h2-4,6-11H,5,12-14H2,1H3,(H,19,20). The zero-order chi connectivity index (χ0) is 18.1. The first-order chi connectivity index (χ1) is 12.0. The molecule has 25 heavy (non-hydrogen) atoms. The Kier molecular flexibility index (Phi) is 6.97. The third-order valence-electron chi connectivity index (χ3n) is 3.35. The number of hydrogen-bond acceptors (Lipinski definition) is 5. The minimum absolute atomic E-state index is 0.0187. The van der Waals surface area contributed by atoms with Crippen LogP contribution in [0.4, 0.5) is 4.79 Å². The van der Waals surface area contributed by atoms with E-state index in [1.165, 1.54) is 12.1 Å². The summed E-state index contributed by atoms with van der Waals surface area (Å²) in [6, 6.07) is 15.8. The van der Waals surface area contributed by atoms with Gasteiger partial charge in [0.15, 0.2) is 0 Å². The van der Waals surface area contributed by atoms with E-state index >= 15 is 0 Å². The average Bonchev–Trinajstić information content (AvgIpc) is 2.61. The Balaban J connectivity index is 1.64. The highest BCUT2D eigenvalue weighted by Gasteiger charge is 2.14. The van der Waals surface area contributed by atoms with Gasteiger partial charge in [-0.25, -0.2) is 4.79 Å². The zero-order valence-electron chi connectivity index (χ0n) is 14.0. The van der Waals surface area contributed by atoms with Crippen molar-refractivity contribution in [3.8, 4) is 0 Å². The molecule has 0 fully saturated rings. The summed E-state index contributed by atoms with van der Waals surface area (Å²) in [7, 11) is -3.77. The summed E-state index contributed by atoms with van der Waals surface area (Å²) in [4.78, 5) is 11.7. The smallest absolute Gasteiger partial charge is 0.407 e. The van der Waals surface area contributed by atoms with Gasteiger partial charge in [0.25, 0.3) is 10.1 Å². The van der Waals surface area contributed by atoms with E-state index in [4.69, 9.17) is 8.92 Å². The number of benzene rings is 2. The van der Waals surface area contributed by atoms with Crippen molar-refractivity contribution in [2.75, 3.05) is 13.2 Å². The Bertz CT molecular complexity index is 773. The first kappa shape index (κ1) is 19.0. The quantitative estimate of drug-likeness (QED) is 0.576. The molecule has 0 aliphatic carbocycles. The second kappa shape index (κ2) is 9.19. The number of alkyl carbamates (subject to hydrolysis) is 1. The monoisotopic (exact) mass is 363 g/mol. The predicted molar refractivity (Wildman–Crippen MR) is 93.6 cm³/mol. The van der Waals surface area contributed by atoms with Crippen molar-refractivity contribution in [1.29, 1.82) is 0 Å². The molecule has 7 heteroatoms. The molecule has 0 saturated heterocycles. The lowest BCUT2D eigenvalue weighted by atomic mass is 10.2. The minimum Gasteiger partial charge on any atom is -0.445 e. The second-order valence-electron chi connectivity index (χ2n) is 5.43. The van der Waals surface area contributed by atoms with Crippen LogP contribution in [0.2, 0.25) is 0 Å². The molecule has 6 nitrogen and oxygen atoms in total. The normalized spacial score (nSPS) is 11.1. The Morgan fingerprint density at radius 2 is 1.72 bits per heavy atom. The van der Waals surface area contributed by atoms with E-state index < -0.39 is 16.2 Å². The van der Waals surface area contributed by atoms with Crippen LogP contribution < -0.4 is 5.32 Å². The van der Waals surface area contributed by atoms with Gasteiger partial charge in [0.2, 0.25) is 0 Å². The molecule has 134 valence electrons. The first-order valence-electron chi connectivity index (χ1n) is 7.88. The molecule has 2 rings (SSSR count). The van der Waals surface area contributed by atoms with E-state index in [0.717, 1.165) is 11.1 Å². The van der Waals surface area contributed by atoms with Crippen molar-refractivity contribution >= 4 is 16.2 Å². The van der Waals surface area contributed by atoms with E-state index in [2.05, 4.69) is 5.32 Å². The van der Waals surface area contributed by atoms with Gasteiger partial charge >= 0.3 is 6.09 Å². The van der Waals surface area contributed by atoms with Crippen molar-refractivity contribution in [1.82, 2.24) is 5.32 Å². The number of aryl methyl sites for hydroxylation is 1. The number of nitrogens with one attached hydrogen (secondary N) is 1. The summed E-state index contributed by atoms with van der Waals surface area (Å²) in [5.41, 5.74) is 1.86. The van der Waals surface area contributed by atoms with Crippen LogP contribution >= 0.6 is 0 Å². The summed E-state index contributed by atoms with van der Waals surface area (Å²) >= 11 is 0. The Hall–Kier alpha value is -2.38. The summed E-state index contributed by atoms with van der Waals surface area (Å²) in [6.45, 7) is 2.30. The van der Waals surface area contributed by atoms with Crippen molar-refractivity contribution in [3.63, 3.8) is 0 Å². The van der Waals surface area contributed by atoms with Crippen molar-refractivity contribution in [3.05, 3.63) is 65.7 Å². The van der Waals surface area contributed by atoms with Crippen LogP contribution in [0.5, 0.6) is 0 Å². The van der Waals surface area contributed by atoms with Gasteiger partial charge in [-0.3, -0.25) is 4.18 Å². The van der Waals surface area contributed by atoms with E-state index in [0.29, 0.717) is 6.42 Å². The fraction of sp³-hybridized carbons (Fsp3) is 0.278. The zero-order valence-corrected chi connectivity index (χ0v) is 14.8. The average molecular weight is 363 g/mol. The van der Waals surface area contributed by atoms with Crippen molar-refractivity contribution < 1.29 is 22.1 Å². The third-order valence-corrected chi connectivity index (χ3v) is 4.68. The van der Waals surface area contributed by atoms with Gasteiger partial charge in [-0.15, -0.1) is 0 Å². The van der Waals surface area contributed by atoms with E-state index in [9.17, 15) is 13.2 Å². The molecule has 1 N–H and O–H groups in total. The molecule has 0 radical (unpaired) electrons. The van der Waals surface area contributed by atoms with Crippen molar-refractivity contribution in [2.24, 2.45) is 0 Å². The molecule has 0 unspecified atom stereocenters. The van der Waals surface area contributed by atoms with Crippen molar-refractivity contribution in [2.45, 2.75) is 24.8 Å². The highest BCUT2D eigenvalue weighted by atomic mass is 32.2. The highest BCUT2D eigenvalue weighted by molar-refractivity contribution is 7.86. The van der Waals surface area contributed by atoms with Gasteiger partial charge in [0.1, 0.15) is 6.61 Å². The Morgan fingerprint density at radius 1 is 1.04 bits per heavy atom. The molecular weight excluding hydrogens is 342 g/mol. The SMILES string of the molecule is Cc1ccc(S(=O)(=O)OCCCNC(=O)OCc2ccccc2)cc1. The summed E-state index contributed by atoms with van der Waals surface area (Å²) in [5, 5.41) is 2.55. The number of ether oxygens (including phenoxy) is 1. The summed E-state index contributed by atoms with van der Waals surface area (Å²) in [6.07, 6.45) is -0.198. The number of carbonyl (C=O) groups excluding carboxylic acids is 1. The van der Waals surface area contributed by atoms with Crippen LogP contribution in [0.25, 0.3) is 0 Å². The number of carbonyl (C=O) groups is 1. The van der Waals surface area contributed by atoms with Crippen LogP contribution in [0.15, 0.2) is 59.5 Å². The molecule has 0 bridgehead atoms. The molecule has 0 aromatic heterocycles. The largest absolute Gasteiger partial charge is 0.445 e. The maximum absolute atomic E-state index is 12.0. The van der Waals surface area contributed by atoms with Crippen LogP contribution in [0, 0.1) is 6.92 Å². The molecule has 0 atom stereocenters.